The van der Waals surface area contributed by atoms with Crippen molar-refractivity contribution in [2.75, 3.05) is 53.2 Å². The Morgan fingerprint density at radius 2 is 0.954 bits per heavy atom. The number of rotatable bonds is 34. The highest BCUT2D eigenvalue weighted by molar-refractivity contribution is 5.89. The van der Waals surface area contributed by atoms with Crippen LogP contribution in [0.2, 0.25) is 0 Å². The monoisotopic (exact) mass is 936 g/mol. The SMILES string of the molecule is CC(C)C.COCCCNC(=O)CCCCCCC(=O)[C@H](CCCCNC(=O)CCCCCOC1OC(CO)C(O)C(O)C1C)NC(=O)CCCCCOC1OC(CO)C(O)C(O)C1C. The van der Waals surface area contributed by atoms with Crippen molar-refractivity contribution in [3.05, 3.63) is 0 Å². The lowest BCUT2D eigenvalue weighted by atomic mass is 9.92. The predicted molar refractivity (Wildman–Crippen MR) is 244 cm³/mol. The molecule has 0 saturated carbocycles. The van der Waals surface area contributed by atoms with Crippen LogP contribution in [0.15, 0.2) is 0 Å². The third kappa shape index (κ3) is 26.7. The second-order valence-electron chi connectivity index (χ2n) is 18.3. The van der Waals surface area contributed by atoms with E-state index < -0.39 is 80.3 Å². The molecule has 18 nitrogen and oxygen atoms in total. The molecule has 2 fully saturated rings. The largest absolute Gasteiger partial charge is 0.394 e. The summed E-state index contributed by atoms with van der Waals surface area (Å²) in [6.07, 6.45) is 2.91. The zero-order valence-corrected chi connectivity index (χ0v) is 40.5. The smallest absolute Gasteiger partial charge is 0.220 e. The van der Waals surface area contributed by atoms with Crippen molar-refractivity contribution in [1.82, 2.24) is 16.0 Å². The van der Waals surface area contributed by atoms with Crippen molar-refractivity contribution in [3.8, 4) is 0 Å². The van der Waals surface area contributed by atoms with Crippen LogP contribution in [0.25, 0.3) is 0 Å². The minimum atomic E-state index is -1.19. The van der Waals surface area contributed by atoms with E-state index >= 15 is 0 Å². The van der Waals surface area contributed by atoms with Gasteiger partial charge in [0, 0.05) is 77.5 Å². The van der Waals surface area contributed by atoms with Crippen LogP contribution in [0, 0.1) is 17.8 Å². The highest BCUT2D eigenvalue weighted by atomic mass is 16.7. The van der Waals surface area contributed by atoms with E-state index in [1.807, 2.05) is 0 Å². The number of unbranched alkanes of at least 4 members (excludes halogenated alkanes) is 8. The Bertz CT molecular complexity index is 1260. The van der Waals surface area contributed by atoms with Gasteiger partial charge in [0.25, 0.3) is 0 Å². The number of hydrogen-bond acceptors (Lipinski definition) is 15. The fraction of sp³-hybridized carbons (Fsp3) is 0.915. The third-order valence-corrected chi connectivity index (χ3v) is 11.4. The first kappa shape index (κ1) is 60.7. The van der Waals surface area contributed by atoms with E-state index in [1.54, 1.807) is 21.0 Å². The standard InChI is InChI=1S/C43H79N3O15.C4H10/c1-29-38(53)40(55)33(27-47)60-42(29)58-25-14-6-10-20-35(50)44-22-13-12-17-31(32(49)18-8-4-5-9-19-36(51)45-23-16-24-57-3)46-37(52)21-11-7-15-26-59-43-30(2)39(54)41(56)34(28-48)61-43;1-4(2)3/h29-31,33-34,38-43,47-48,53-56H,4-28H2,1-3H3,(H,44,50)(H,45,51)(H,46,52);4H,1-3H3/t29?,30?,31-,33?,34?,38?,39?,40?,41?,42?,43?;/m0./s1. The summed E-state index contributed by atoms with van der Waals surface area (Å²) in [6, 6.07) is -0.636. The van der Waals surface area contributed by atoms with Gasteiger partial charge in [-0.3, -0.25) is 19.2 Å². The number of methoxy groups -OCH3 is 1. The van der Waals surface area contributed by atoms with Crippen LogP contribution >= 0.6 is 0 Å². The summed E-state index contributed by atoms with van der Waals surface area (Å²) in [6.45, 7) is 11.3. The Morgan fingerprint density at radius 3 is 1.40 bits per heavy atom. The number of carbonyl (C=O) groups is 4. The molecule has 0 spiro atoms. The molecule has 0 bridgehead atoms. The molecule has 10 unspecified atom stereocenters. The maximum absolute atomic E-state index is 13.3. The minimum absolute atomic E-state index is 0.00827. The first-order valence-corrected chi connectivity index (χ1v) is 24.4. The van der Waals surface area contributed by atoms with Crippen LogP contribution in [-0.4, -0.2) is 163 Å². The van der Waals surface area contributed by atoms with Gasteiger partial charge in [-0.25, -0.2) is 0 Å². The van der Waals surface area contributed by atoms with Gasteiger partial charge in [-0.1, -0.05) is 60.3 Å². The average molecular weight is 936 g/mol. The molecule has 9 N–H and O–H groups in total. The van der Waals surface area contributed by atoms with Crippen LogP contribution in [0.1, 0.15) is 150 Å². The van der Waals surface area contributed by atoms with E-state index in [-0.39, 0.29) is 29.9 Å². The molecule has 0 aromatic heterocycles. The number of amides is 3. The van der Waals surface area contributed by atoms with E-state index in [1.165, 1.54) is 0 Å². The van der Waals surface area contributed by atoms with Gasteiger partial charge in [-0.15, -0.1) is 0 Å². The highest BCUT2D eigenvalue weighted by Gasteiger charge is 2.43. The Labute approximate surface area is 388 Å². The van der Waals surface area contributed by atoms with Crippen LogP contribution in [0.3, 0.4) is 0 Å². The number of Topliss-reactive ketones (excluding diaryl/α,β-unsaturated/α-hetero) is 1. The Morgan fingerprint density at radius 1 is 0.538 bits per heavy atom. The number of ketones is 1. The summed E-state index contributed by atoms with van der Waals surface area (Å²) in [5.41, 5.74) is 0. The van der Waals surface area contributed by atoms with Crippen molar-refractivity contribution in [2.24, 2.45) is 17.8 Å². The van der Waals surface area contributed by atoms with Crippen molar-refractivity contribution >= 4 is 23.5 Å². The van der Waals surface area contributed by atoms with Gasteiger partial charge in [-0.05, 0) is 70.1 Å². The number of aliphatic hydroxyl groups excluding tert-OH is 6. The van der Waals surface area contributed by atoms with Gasteiger partial charge in [0.1, 0.15) is 24.4 Å². The zero-order valence-electron chi connectivity index (χ0n) is 40.5. The average Bonchev–Trinajstić information content (AvgIpc) is 3.27. The van der Waals surface area contributed by atoms with E-state index in [9.17, 15) is 49.8 Å². The molecule has 2 rings (SSSR count). The van der Waals surface area contributed by atoms with Crippen molar-refractivity contribution in [2.45, 2.75) is 205 Å². The Balaban J connectivity index is 0.00000505. The molecular formula is C47H89N3O15. The molecule has 2 saturated heterocycles. The van der Waals surface area contributed by atoms with Gasteiger partial charge >= 0.3 is 0 Å². The molecule has 2 heterocycles. The fourth-order valence-corrected chi connectivity index (χ4v) is 7.36. The van der Waals surface area contributed by atoms with Crippen LogP contribution in [-0.2, 0) is 42.9 Å². The van der Waals surface area contributed by atoms with Gasteiger partial charge < -0.3 is 70.3 Å². The lowest BCUT2D eigenvalue weighted by Crippen LogP contribution is -2.55. The highest BCUT2D eigenvalue weighted by Crippen LogP contribution is 2.28. The van der Waals surface area contributed by atoms with Crippen molar-refractivity contribution < 1.29 is 73.5 Å². The Hall–Kier alpha value is -2.36. The first-order chi connectivity index (χ1) is 31.1. The number of hydrogen-bond donors (Lipinski definition) is 9. The summed E-state index contributed by atoms with van der Waals surface area (Å²) in [4.78, 5) is 50.7. The Kier molecular flexibility index (Phi) is 34.2. The second-order valence-corrected chi connectivity index (χ2v) is 18.3. The van der Waals surface area contributed by atoms with Gasteiger partial charge in [0.2, 0.25) is 17.7 Å². The molecule has 0 radical (unpaired) electrons. The van der Waals surface area contributed by atoms with Gasteiger partial charge in [0.05, 0.1) is 31.5 Å². The van der Waals surface area contributed by atoms with Crippen molar-refractivity contribution in [3.63, 3.8) is 0 Å². The summed E-state index contributed by atoms with van der Waals surface area (Å²) < 4.78 is 27.7. The maximum atomic E-state index is 13.3. The number of aliphatic hydroxyl groups is 6. The molecule has 2 aliphatic heterocycles. The minimum Gasteiger partial charge on any atom is -0.394 e. The van der Waals surface area contributed by atoms with E-state index in [0.717, 1.165) is 38.0 Å². The lowest BCUT2D eigenvalue weighted by molar-refractivity contribution is -0.282. The maximum Gasteiger partial charge on any atom is 0.220 e. The molecule has 2 aliphatic rings. The third-order valence-electron chi connectivity index (χ3n) is 11.4. The summed E-state index contributed by atoms with van der Waals surface area (Å²) in [5.74, 6) is -0.423. The van der Waals surface area contributed by atoms with Gasteiger partial charge in [0.15, 0.2) is 18.4 Å². The summed E-state index contributed by atoms with van der Waals surface area (Å²) >= 11 is 0. The van der Waals surface area contributed by atoms with Crippen LogP contribution in [0.4, 0.5) is 0 Å². The van der Waals surface area contributed by atoms with E-state index in [2.05, 4.69) is 36.7 Å². The summed E-state index contributed by atoms with van der Waals surface area (Å²) in [7, 11) is 1.62. The molecule has 3 amide bonds. The van der Waals surface area contributed by atoms with E-state index in [4.69, 9.17) is 23.7 Å². The molecule has 382 valence electrons. The molecule has 0 aromatic carbocycles. The van der Waals surface area contributed by atoms with Crippen molar-refractivity contribution in [1.29, 1.82) is 0 Å². The molecule has 18 heteroatoms. The first-order valence-electron chi connectivity index (χ1n) is 24.4. The zero-order chi connectivity index (χ0) is 48.6. The number of ether oxygens (including phenoxy) is 5. The lowest BCUT2D eigenvalue weighted by Gasteiger charge is -2.40. The quantitative estimate of drug-likeness (QED) is 0.0420. The molecule has 0 aromatic rings. The predicted octanol–water partition coefficient (Wildman–Crippen LogP) is 2.79. The van der Waals surface area contributed by atoms with Crippen LogP contribution < -0.4 is 16.0 Å². The number of carbonyl (C=O) groups excluding carboxylic acids is 4. The second kappa shape index (κ2) is 36.7. The molecule has 65 heavy (non-hydrogen) atoms. The van der Waals surface area contributed by atoms with Gasteiger partial charge in [-0.2, -0.15) is 0 Å². The molecular weight excluding hydrogens is 847 g/mol. The molecule has 0 aliphatic carbocycles. The number of nitrogens with one attached hydrogen (secondary N) is 3. The normalized spacial score (nSPS) is 25.9. The fourth-order valence-electron chi connectivity index (χ4n) is 7.36. The van der Waals surface area contributed by atoms with E-state index in [0.29, 0.717) is 110 Å². The summed E-state index contributed by atoms with van der Waals surface area (Å²) in [5, 5.41) is 68.0. The molecule has 11 atom stereocenters. The van der Waals surface area contributed by atoms with Crippen LogP contribution in [0.5, 0.6) is 0 Å². The topological polar surface area (TPSA) is 272 Å².